The van der Waals surface area contributed by atoms with Gasteiger partial charge in [0.15, 0.2) is 0 Å². The molecule has 1 aliphatic heterocycles. The third-order valence-corrected chi connectivity index (χ3v) is 2.29. The number of hydrogen-bond acceptors (Lipinski definition) is 2. The van der Waals surface area contributed by atoms with Gasteiger partial charge in [0.25, 0.3) is 0 Å². The summed E-state index contributed by atoms with van der Waals surface area (Å²) in [5.74, 6) is -0.182. The fourth-order valence-electron chi connectivity index (χ4n) is 1.63. The van der Waals surface area contributed by atoms with Crippen molar-refractivity contribution in [2.75, 3.05) is 0 Å². The lowest BCUT2D eigenvalue weighted by atomic mass is 10.0. The van der Waals surface area contributed by atoms with Crippen LogP contribution in [0.15, 0.2) is 18.2 Å². The first-order chi connectivity index (χ1) is 6.31. The van der Waals surface area contributed by atoms with Crippen LogP contribution in [-0.2, 0) is 17.8 Å². The van der Waals surface area contributed by atoms with Gasteiger partial charge in [-0.3, -0.25) is 0 Å². The number of carbonyl (C=O) groups excluding carboxylic acids is 1. The highest BCUT2D eigenvalue weighted by Crippen LogP contribution is 2.21. The van der Waals surface area contributed by atoms with Crippen LogP contribution in [-0.4, -0.2) is 5.97 Å². The summed E-state index contributed by atoms with van der Waals surface area (Å²) >= 11 is 0. The molecule has 0 fully saturated rings. The molecule has 1 aliphatic rings. The van der Waals surface area contributed by atoms with Crippen molar-refractivity contribution >= 4 is 5.97 Å². The Morgan fingerprint density at radius 1 is 1.46 bits per heavy atom. The number of cyclic esters (lactones) is 1. The highest BCUT2D eigenvalue weighted by molar-refractivity contribution is 5.93. The van der Waals surface area contributed by atoms with E-state index in [0.29, 0.717) is 6.61 Å². The van der Waals surface area contributed by atoms with Gasteiger partial charge < -0.3 is 4.74 Å². The van der Waals surface area contributed by atoms with Gasteiger partial charge in [0.05, 0.1) is 5.56 Å². The van der Waals surface area contributed by atoms with Crippen LogP contribution in [0.4, 0.5) is 0 Å². The summed E-state index contributed by atoms with van der Waals surface area (Å²) in [7, 11) is 0. The number of rotatable bonds is 2. The van der Waals surface area contributed by atoms with E-state index in [0.717, 1.165) is 24.0 Å². The fraction of sp³-hybridized carbons (Fsp3) is 0.364. The Morgan fingerprint density at radius 2 is 2.31 bits per heavy atom. The molecule has 1 aromatic rings. The summed E-state index contributed by atoms with van der Waals surface area (Å²) in [6.07, 6.45) is 2.20. The van der Waals surface area contributed by atoms with Crippen molar-refractivity contribution in [3.05, 3.63) is 34.9 Å². The summed E-state index contributed by atoms with van der Waals surface area (Å²) in [6.45, 7) is 2.60. The molecule has 2 nitrogen and oxygen atoms in total. The van der Waals surface area contributed by atoms with Crippen LogP contribution in [0.25, 0.3) is 0 Å². The molecule has 2 rings (SSSR count). The number of aryl methyl sites for hydroxylation is 1. The van der Waals surface area contributed by atoms with Gasteiger partial charge in [-0.05, 0) is 18.1 Å². The zero-order chi connectivity index (χ0) is 9.26. The van der Waals surface area contributed by atoms with E-state index in [1.165, 1.54) is 5.56 Å². The van der Waals surface area contributed by atoms with Gasteiger partial charge in [0.2, 0.25) is 0 Å². The molecule has 0 N–H and O–H groups in total. The van der Waals surface area contributed by atoms with Gasteiger partial charge in [-0.1, -0.05) is 25.5 Å². The molecule has 0 atom stereocenters. The van der Waals surface area contributed by atoms with Gasteiger partial charge in [-0.2, -0.15) is 0 Å². The predicted octanol–water partition coefficient (Wildman–Crippen LogP) is 2.31. The number of benzene rings is 1. The van der Waals surface area contributed by atoms with Crippen molar-refractivity contribution in [1.82, 2.24) is 0 Å². The Balaban J connectivity index is 2.34. The highest BCUT2D eigenvalue weighted by atomic mass is 16.5. The summed E-state index contributed by atoms with van der Waals surface area (Å²) in [5.41, 5.74) is 3.07. The lowest BCUT2D eigenvalue weighted by Gasteiger charge is -1.99. The normalized spacial score (nSPS) is 14.1. The van der Waals surface area contributed by atoms with E-state index in [-0.39, 0.29) is 5.97 Å². The Kier molecular flexibility index (Phi) is 2.05. The van der Waals surface area contributed by atoms with Gasteiger partial charge >= 0.3 is 5.97 Å². The first-order valence-corrected chi connectivity index (χ1v) is 4.60. The molecule has 0 spiro atoms. The molecule has 1 heterocycles. The molecular weight excluding hydrogens is 164 g/mol. The second-order valence-electron chi connectivity index (χ2n) is 3.32. The van der Waals surface area contributed by atoms with Crippen LogP contribution < -0.4 is 0 Å². The number of ether oxygens (including phenoxy) is 1. The molecule has 0 aromatic heterocycles. The maximum Gasteiger partial charge on any atom is 0.338 e. The zero-order valence-electron chi connectivity index (χ0n) is 7.67. The number of esters is 1. The molecule has 0 aliphatic carbocycles. The van der Waals surface area contributed by atoms with E-state index in [1.807, 2.05) is 12.1 Å². The average molecular weight is 176 g/mol. The molecule has 68 valence electrons. The van der Waals surface area contributed by atoms with Crippen LogP contribution in [0.5, 0.6) is 0 Å². The SMILES string of the molecule is CCCc1ccc2c(c1)COC2=O. The minimum Gasteiger partial charge on any atom is -0.457 e. The predicted molar refractivity (Wildman–Crippen MR) is 49.6 cm³/mol. The molecule has 1 aromatic carbocycles. The topological polar surface area (TPSA) is 26.3 Å². The van der Waals surface area contributed by atoms with Gasteiger partial charge in [-0.25, -0.2) is 4.79 Å². The first kappa shape index (κ1) is 8.30. The van der Waals surface area contributed by atoms with Gasteiger partial charge in [-0.15, -0.1) is 0 Å². The van der Waals surface area contributed by atoms with E-state index in [9.17, 15) is 4.79 Å². The minimum atomic E-state index is -0.182. The molecule has 13 heavy (non-hydrogen) atoms. The van der Waals surface area contributed by atoms with E-state index < -0.39 is 0 Å². The van der Waals surface area contributed by atoms with Crippen LogP contribution >= 0.6 is 0 Å². The fourth-order valence-corrected chi connectivity index (χ4v) is 1.63. The van der Waals surface area contributed by atoms with E-state index in [2.05, 4.69) is 13.0 Å². The lowest BCUT2D eigenvalue weighted by Crippen LogP contribution is -1.93. The number of carbonyl (C=O) groups is 1. The number of hydrogen-bond donors (Lipinski definition) is 0. The molecular formula is C11H12O2. The van der Waals surface area contributed by atoms with E-state index in [1.54, 1.807) is 0 Å². The minimum absolute atomic E-state index is 0.182. The van der Waals surface area contributed by atoms with Crippen LogP contribution in [0.1, 0.15) is 34.8 Å². The summed E-state index contributed by atoms with van der Waals surface area (Å²) in [4.78, 5) is 11.1. The van der Waals surface area contributed by atoms with Crippen LogP contribution in [0, 0.1) is 0 Å². The Hall–Kier alpha value is -1.31. The lowest BCUT2D eigenvalue weighted by molar-refractivity contribution is 0.0535. The average Bonchev–Trinajstić information content (AvgIpc) is 2.48. The third-order valence-electron chi connectivity index (χ3n) is 2.29. The van der Waals surface area contributed by atoms with E-state index in [4.69, 9.17) is 4.74 Å². The van der Waals surface area contributed by atoms with Gasteiger partial charge in [0.1, 0.15) is 6.61 Å². The quantitative estimate of drug-likeness (QED) is 0.646. The zero-order valence-corrected chi connectivity index (χ0v) is 7.67. The second kappa shape index (κ2) is 3.21. The van der Waals surface area contributed by atoms with Crippen molar-refractivity contribution in [3.63, 3.8) is 0 Å². The molecule has 0 saturated carbocycles. The largest absolute Gasteiger partial charge is 0.457 e. The summed E-state index contributed by atoms with van der Waals surface area (Å²) in [6, 6.07) is 5.95. The summed E-state index contributed by atoms with van der Waals surface area (Å²) < 4.78 is 4.92. The Bertz CT molecular complexity index is 342. The van der Waals surface area contributed by atoms with Crippen LogP contribution in [0.2, 0.25) is 0 Å². The highest BCUT2D eigenvalue weighted by Gasteiger charge is 2.20. The van der Waals surface area contributed by atoms with Crippen molar-refractivity contribution in [3.8, 4) is 0 Å². The maximum atomic E-state index is 11.1. The smallest absolute Gasteiger partial charge is 0.338 e. The Morgan fingerprint density at radius 3 is 3.08 bits per heavy atom. The third kappa shape index (κ3) is 1.44. The molecule has 0 amide bonds. The summed E-state index contributed by atoms with van der Waals surface area (Å²) in [5, 5.41) is 0. The van der Waals surface area contributed by atoms with Crippen molar-refractivity contribution in [2.24, 2.45) is 0 Å². The van der Waals surface area contributed by atoms with E-state index >= 15 is 0 Å². The standard InChI is InChI=1S/C11H12O2/c1-2-3-8-4-5-10-9(6-8)7-13-11(10)12/h4-6H,2-3,7H2,1H3. The van der Waals surface area contributed by atoms with Crippen LogP contribution in [0.3, 0.4) is 0 Å². The molecule has 0 unspecified atom stereocenters. The molecule has 0 bridgehead atoms. The Labute approximate surface area is 77.5 Å². The van der Waals surface area contributed by atoms with Crippen molar-refractivity contribution in [1.29, 1.82) is 0 Å². The monoisotopic (exact) mass is 176 g/mol. The molecule has 0 saturated heterocycles. The molecule has 2 heteroatoms. The second-order valence-corrected chi connectivity index (χ2v) is 3.32. The number of fused-ring (bicyclic) bond motifs is 1. The first-order valence-electron chi connectivity index (χ1n) is 4.60. The molecule has 0 radical (unpaired) electrons. The van der Waals surface area contributed by atoms with Crippen molar-refractivity contribution in [2.45, 2.75) is 26.4 Å². The van der Waals surface area contributed by atoms with Gasteiger partial charge in [0, 0.05) is 5.56 Å². The maximum absolute atomic E-state index is 11.1. The van der Waals surface area contributed by atoms with Crippen molar-refractivity contribution < 1.29 is 9.53 Å².